The highest BCUT2D eigenvalue weighted by Crippen LogP contribution is 2.41. The van der Waals surface area contributed by atoms with Crippen molar-refractivity contribution in [3.05, 3.63) is 64.5 Å². The molecule has 5 heterocycles. The molecule has 4 aliphatic heterocycles. The molecule has 1 aromatic rings. The minimum Gasteiger partial charge on any atom is -0.361 e. The average Bonchev–Trinajstić information content (AvgIpc) is 3.16. The third-order valence-corrected chi connectivity index (χ3v) is 8.34. The summed E-state index contributed by atoms with van der Waals surface area (Å²) in [5, 5.41) is 4.62. The van der Waals surface area contributed by atoms with Crippen molar-refractivity contribution in [3.8, 4) is 0 Å². The van der Waals surface area contributed by atoms with Gasteiger partial charge in [0.1, 0.15) is 17.1 Å². The van der Waals surface area contributed by atoms with Crippen LogP contribution in [0.5, 0.6) is 0 Å². The molecular formula is C26H37ClN6. The van der Waals surface area contributed by atoms with Crippen molar-refractivity contribution in [2.45, 2.75) is 63.3 Å². The molecule has 178 valence electrons. The van der Waals surface area contributed by atoms with E-state index in [9.17, 15) is 0 Å². The largest absolute Gasteiger partial charge is 0.361 e. The highest BCUT2D eigenvalue weighted by atomic mass is 35.5. The molecule has 0 aliphatic carbocycles. The van der Waals surface area contributed by atoms with Crippen molar-refractivity contribution in [1.82, 2.24) is 29.9 Å². The summed E-state index contributed by atoms with van der Waals surface area (Å²) in [6.45, 7) is 4.30. The van der Waals surface area contributed by atoms with Gasteiger partial charge in [0, 0.05) is 25.3 Å². The lowest BCUT2D eigenvalue weighted by Crippen LogP contribution is -2.48. The van der Waals surface area contributed by atoms with E-state index in [1.807, 2.05) is 12.3 Å². The molecule has 0 bridgehead atoms. The molecule has 5 rings (SSSR count). The normalized spacial score (nSPS) is 28.9. The molecule has 7 heteroatoms. The van der Waals surface area contributed by atoms with Crippen LogP contribution < -0.4 is 5.32 Å². The second-order valence-electron chi connectivity index (χ2n) is 10.1. The van der Waals surface area contributed by atoms with E-state index in [2.05, 4.69) is 77.3 Å². The van der Waals surface area contributed by atoms with Crippen LogP contribution in [-0.2, 0) is 0 Å². The van der Waals surface area contributed by atoms with Crippen LogP contribution in [0.15, 0.2) is 53.2 Å². The summed E-state index contributed by atoms with van der Waals surface area (Å²) >= 11 is 7.16. The number of rotatable bonds is 4. The first-order valence-electron chi connectivity index (χ1n) is 12.3. The van der Waals surface area contributed by atoms with Gasteiger partial charge in [0.15, 0.2) is 0 Å². The minimum atomic E-state index is 0.0874. The fourth-order valence-electron chi connectivity index (χ4n) is 6.00. The summed E-state index contributed by atoms with van der Waals surface area (Å²) < 4.78 is 0. The zero-order valence-corrected chi connectivity index (χ0v) is 21.1. The molecule has 0 saturated carbocycles. The van der Waals surface area contributed by atoms with Crippen LogP contribution in [-0.4, -0.2) is 77.1 Å². The topological polar surface area (TPSA) is 37.9 Å². The van der Waals surface area contributed by atoms with E-state index in [1.54, 1.807) is 0 Å². The van der Waals surface area contributed by atoms with Crippen molar-refractivity contribution in [2.24, 2.45) is 0 Å². The van der Waals surface area contributed by atoms with E-state index in [-0.39, 0.29) is 12.2 Å². The first-order chi connectivity index (χ1) is 16.0. The van der Waals surface area contributed by atoms with Gasteiger partial charge in [-0.2, -0.15) is 0 Å². The third-order valence-electron chi connectivity index (χ3n) is 7.96. The molecule has 0 spiro atoms. The maximum absolute atomic E-state index is 7.16. The number of hydrogen-bond acceptors (Lipinski definition) is 6. The Bertz CT molecular complexity index is 961. The zero-order valence-electron chi connectivity index (χ0n) is 20.3. The summed E-state index contributed by atoms with van der Waals surface area (Å²) in [7, 11) is 6.61. The van der Waals surface area contributed by atoms with Crippen LogP contribution in [0.4, 0.5) is 0 Å². The monoisotopic (exact) mass is 468 g/mol. The lowest BCUT2D eigenvalue weighted by Gasteiger charge is -2.42. The maximum Gasteiger partial charge on any atom is 0.133 e. The number of likely N-dealkylation sites (N-methyl/N-ethyl adjacent to an activating group) is 1. The Morgan fingerprint density at radius 1 is 1.12 bits per heavy atom. The van der Waals surface area contributed by atoms with E-state index >= 15 is 0 Å². The number of hydrogen-bond donors (Lipinski definition) is 1. The third kappa shape index (κ3) is 4.17. The van der Waals surface area contributed by atoms with Crippen LogP contribution in [0.3, 0.4) is 0 Å². The summed E-state index contributed by atoms with van der Waals surface area (Å²) in [5.41, 5.74) is 3.62. The molecule has 0 radical (unpaired) electrons. The van der Waals surface area contributed by atoms with Gasteiger partial charge in [-0.1, -0.05) is 23.7 Å². The maximum atomic E-state index is 7.16. The number of fused-ring (bicyclic) bond motifs is 1. The molecule has 1 N–H and O–H groups in total. The van der Waals surface area contributed by atoms with Gasteiger partial charge in [-0.25, -0.2) is 0 Å². The molecular weight excluding hydrogens is 432 g/mol. The Balaban J connectivity index is 1.37. The van der Waals surface area contributed by atoms with Gasteiger partial charge >= 0.3 is 0 Å². The summed E-state index contributed by atoms with van der Waals surface area (Å²) in [5.74, 6) is 1.22. The van der Waals surface area contributed by atoms with Crippen LogP contribution in [0, 0.1) is 6.92 Å². The molecule has 2 fully saturated rings. The average molecular weight is 469 g/mol. The highest BCUT2D eigenvalue weighted by molar-refractivity contribution is 6.30. The minimum absolute atomic E-state index is 0.0874. The Kier molecular flexibility index (Phi) is 6.43. The van der Waals surface area contributed by atoms with Gasteiger partial charge < -0.3 is 15.1 Å². The molecule has 0 aromatic carbocycles. The first kappa shape index (κ1) is 22.8. The predicted octanol–water partition coefficient (Wildman–Crippen LogP) is 3.99. The van der Waals surface area contributed by atoms with Crippen LogP contribution in [0.25, 0.3) is 0 Å². The number of piperidine rings is 2. The quantitative estimate of drug-likeness (QED) is 0.673. The van der Waals surface area contributed by atoms with Gasteiger partial charge in [0.2, 0.25) is 0 Å². The van der Waals surface area contributed by atoms with E-state index < -0.39 is 0 Å². The van der Waals surface area contributed by atoms with E-state index in [0.717, 1.165) is 36.8 Å². The highest BCUT2D eigenvalue weighted by Gasteiger charge is 2.41. The van der Waals surface area contributed by atoms with Crippen molar-refractivity contribution >= 4 is 11.6 Å². The molecule has 6 nitrogen and oxygen atoms in total. The molecule has 2 saturated heterocycles. The SMILES string of the molecule is Cc1cccnc1C1CCCC(C2=C(Cl)N3C(N4CCC(N(C)C)CC4)=CC=CC3N2)N1C. The summed E-state index contributed by atoms with van der Waals surface area (Å²) in [4.78, 5) is 14.4. The van der Waals surface area contributed by atoms with Crippen LogP contribution in [0.1, 0.15) is 49.4 Å². The Hall–Kier alpha value is -2.02. The van der Waals surface area contributed by atoms with Crippen molar-refractivity contribution in [3.63, 3.8) is 0 Å². The van der Waals surface area contributed by atoms with E-state index in [0.29, 0.717) is 12.1 Å². The van der Waals surface area contributed by atoms with Gasteiger partial charge in [0.05, 0.1) is 23.5 Å². The molecule has 3 atom stereocenters. The Morgan fingerprint density at radius 3 is 2.61 bits per heavy atom. The smallest absolute Gasteiger partial charge is 0.133 e. The lowest BCUT2D eigenvalue weighted by molar-refractivity contribution is 0.128. The van der Waals surface area contributed by atoms with Crippen LogP contribution in [0.2, 0.25) is 0 Å². The lowest BCUT2D eigenvalue weighted by atomic mass is 9.91. The predicted molar refractivity (Wildman–Crippen MR) is 134 cm³/mol. The van der Waals surface area contributed by atoms with Gasteiger partial charge in [0.25, 0.3) is 0 Å². The standard InChI is InChI=1S/C26H37ClN6/c1-18-8-7-15-28-24(18)20-9-5-10-21(31(20)4)25-26(27)33-22(29-25)11-6-12-23(33)32-16-13-19(14-17-32)30(2)3/h6-8,11-12,15,19-22,29H,5,9-10,13-14,16-17H2,1-4H3. The number of allylic oxidation sites excluding steroid dienone is 2. The fraction of sp³-hybridized carbons (Fsp3) is 0.577. The van der Waals surface area contributed by atoms with Crippen molar-refractivity contribution in [1.29, 1.82) is 0 Å². The number of aryl methyl sites for hydroxylation is 1. The summed E-state index contributed by atoms with van der Waals surface area (Å²) in [6.07, 6.45) is 14.4. The molecule has 0 amide bonds. The molecule has 4 aliphatic rings. The molecule has 1 aromatic heterocycles. The number of nitrogens with one attached hydrogen (secondary N) is 1. The van der Waals surface area contributed by atoms with Gasteiger partial charge in [-0.15, -0.1) is 0 Å². The molecule has 3 unspecified atom stereocenters. The molecule has 33 heavy (non-hydrogen) atoms. The number of halogens is 1. The van der Waals surface area contributed by atoms with E-state index in [4.69, 9.17) is 16.6 Å². The van der Waals surface area contributed by atoms with Gasteiger partial charge in [-0.05, 0) is 84.0 Å². The number of likely N-dealkylation sites (tertiary alicyclic amines) is 2. The van der Waals surface area contributed by atoms with Crippen molar-refractivity contribution < 1.29 is 0 Å². The Morgan fingerprint density at radius 2 is 1.88 bits per heavy atom. The second kappa shape index (κ2) is 9.32. The summed E-state index contributed by atoms with van der Waals surface area (Å²) in [6, 6.07) is 5.44. The Labute approximate surface area is 203 Å². The first-order valence-corrected chi connectivity index (χ1v) is 12.7. The fourth-order valence-corrected chi connectivity index (χ4v) is 6.37. The number of nitrogens with zero attached hydrogens (tertiary/aromatic N) is 5. The zero-order chi connectivity index (χ0) is 23.1. The second-order valence-corrected chi connectivity index (χ2v) is 10.4. The number of pyridine rings is 1. The van der Waals surface area contributed by atoms with Crippen LogP contribution >= 0.6 is 11.6 Å². The van der Waals surface area contributed by atoms with Crippen molar-refractivity contribution in [2.75, 3.05) is 34.2 Å². The van der Waals surface area contributed by atoms with E-state index in [1.165, 1.54) is 36.3 Å². The number of aromatic nitrogens is 1. The van der Waals surface area contributed by atoms with Gasteiger partial charge in [-0.3, -0.25) is 14.8 Å².